The number of benzene rings is 1. The fraction of sp³-hybridized carbons (Fsp3) is 0.667. The van der Waals surface area contributed by atoms with Gasteiger partial charge >= 0.3 is 0 Å². The minimum Gasteiger partial charge on any atom is -0.310 e. The summed E-state index contributed by atoms with van der Waals surface area (Å²) in [6.07, 6.45) is 7.90. The quantitative estimate of drug-likeness (QED) is 0.857. The molecule has 1 nitrogen and oxygen atoms in total. The molecule has 0 saturated heterocycles. The zero-order valence-electron chi connectivity index (χ0n) is 12.7. The zero-order chi connectivity index (χ0) is 14.1. The van der Waals surface area contributed by atoms with Gasteiger partial charge in [0.15, 0.2) is 0 Å². The molecule has 0 aliphatic heterocycles. The molecule has 2 aliphatic rings. The summed E-state index contributed by atoms with van der Waals surface area (Å²) in [5.74, 6) is 1.65. The summed E-state index contributed by atoms with van der Waals surface area (Å²) in [4.78, 5) is 0. The smallest absolute Gasteiger partial charge is 0.0408 e. The molecule has 0 heterocycles. The van der Waals surface area contributed by atoms with E-state index >= 15 is 0 Å². The molecule has 3 unspecified atom stereocenters. The first-order chi connectivity index (χ1) is 9.63. The third-order valence-electron chi connectivity index (χ3n) is 5.23. The zero-order valence-corrected chi connectivity index (χ0v) is 13.4. The SMILES string of the molecule is CC(C)C1CCCCC1NC1Cc2ccc(Cl)cc2C1. The number of halogens is 1. The third-order valence-corrected chi connectivity index (χ3v) is 5.46. The standard InChI is InChI=1S/C18H26ClN/c1-12(2)17-5-3-4-6-18(17)20-16-10-13-7-8-15(19)9-14(13)11-16/h7-9,12,16-18,20H,3-6,10-11H2,1-2H3. The number of nitrogens with one attached hydrogen (secondary N) is 1. The van der Waals surface area contributed by atoms with Crippen LogP contribution in [0, 0.1) is 11.8 Å². The lowest BCUT2D eigenvalue weighted by molar-refractivity contribution is 0.193. The maximum Gasteiger partial charge on any atom is 0.0408 e. The van der Waals surface area contributed by atoms with Gasteiger partial charge in [-0.3, -0.25) is 0 Å². The second-order valence-electron chi connectivity index (χ2n) is 6.98. The molecular formula is C18H26ClN. The summed E-state index contributed by atoms with van der Waals surface area (Å²) in [7, 11) is 0. The third kappa shape index (κ3) is 3.04. The molecule has 20 heavy (non-hydrogen) atoms. The van der Waals surface area contributed by atoms with E-state index in [4.69, 9.17) is 11.6 Å². The first-order valence-corrected chi connectivity index (χ1v) is 8.54. The molecule has 0 spiro atoms. The van der Waals surface area contributed by atoms with E-state index in [0.717, 1.165) is 29.3 Å². The van der Waals surface area contributed by atoms with Crippen LogP contribution in [0.1, 0.15) is 50.7 Å². The number of hydrogen-bond donors (Lipinski definition) is 1. The van der Waals surface area contributed by atoms with Crippen LogP contribution in [0.3, 0.4) is 0 Å². The molecule has 0 bridgehead atoms. The van der Waals surface area contributed by atoms with Gasteiger partial charge in [0, 0.05) is 17.1 Å². The van der Waals surface area contributed by atoms with Gasteiger partial charge in [-0.1, -0.05) is 44.4 Å². The molecule has 1 saturated carbocycles. The van der Waals surface area contributed by atoms with E-state index in [0.29, 0.717) is 6.04 Å². The molecule has 3 atom stereocenters. The monoisotopic (exact) mass is 291 g/mol. The Labute approximate surface area is 128 Å². The van der Waals surface area contributed by atoms with Crippen molar-refractivity contribution in [2.45, 2.75) is 64.5 Å². The topological polar surface area (TPSA) is 12.0 Å². The van der Waals surface area contributed by atoms with Gasteiger partial charge in [0.25, 0.3) is 0 Å². The second kappa shape index (κ2) is 6.07. The Kier molecular flexibility index (Phi) is 4.37. The summed E-state index contributed by atoms with van der Waals surface area (Å²) in [5.41, 5.74) is 2.94. The lowest BCUT2D eigenvalue weighted by atomic mass is 9.77. The van der Waals surface area contributed by atoms with Gasteiger partial charge in [0.05, 0.1) is 0 Å². The van der Waals surface area contributed by atoms with E-state index in [2.05, 4.69) is 31.3 Å². The van der Waals surface area contributed by atoms with Crippen molar-refractivity contribution in [1.29, 1.82) is 0 Å². The molecule has 1 fully saturated rings. The average molecular weight is 292 g/mol. The number of hydrogen-bond acceptors (Lipinski definition) is 1. The molecule has 2 heteroatoms. The first-order valence-electron chi connectivity index (χ1n) is 8.17. The summed E-state index contributed by atoms with van der Waals surface area (Å²) in [6.45, 7) is 4.77. The van der Waals surface area contributed by atoms with Crippen LogP contribution in [0.2, 0.25) is 5.02 Å². The Morgan fingerprint density at radius 2 is 1.85 bits per heavy atom. The minimum absolute atomic E-state index is 0.618. The van der Waals surface area contributed by atoms with Crippen LogP contribution < -0.4 is 5.32 Å². The van der Waals surface area contributed by atoms with E-state index in [-0.39, 0.29) is 0 Å². The molecular weight excluding hydrogens is 266 g/mol. The van der Waals surface area contributed by atoms with Crippen LogP contribution in [0.15, 0.2) is 18.2 Å². The first kappa shape index (κ1) is 14.4. The second-order valence-corrected chi connectivity index (χ2v) is 7.42. The fourth-order valence-electron chi connectivity index (χ4n) is 4.17. The van der Waals surface area contributed by atoms with Crippen molar-refractivity contribution in [3.8, 4) is 0 Å². The highest BCUT2D eigenvalue weighted by molar-refractivity contribution is 6.30. The van der Waals surface area contributed by atoms with Crippen molar-refractivity contribution in [2.75, 3.05) is 0 Å². The number of fused-ring (bicyclic) bond motifs is 1. The molecule has 1 aromatic carbocycles. The van der Waals surface area contributed by atoms with Crippen molar-refractivity contribution in [2.24, 2.45) is 11.8 Å². The Balaban J connectivity index is 1.64. The maximum atomic E-state index is 6.11. The van der Waals surface area contributed by atoms with Crippen molar-refractivity contribution in [1.82, 2.24) is 5.32 Å². The molecule has 0 aromatic heterocycles. The van der Waals surface area contributed by atoms with Crippen molar-refractivity contribution < 1.29 is 0 Å². The molecule has 0 radical (unpaired) electrons. The Morgan fingerprint density at radius 3 is 2.65 bits per heavy atom. The van der Waals surface area contributed by atoms with Crippen LogP contribution in [-0.2, 0) is 12.8 Å². The summed E-state index contributed by atoms with van der Waals surface area (Å²) < 4.78 is 0. The van der Waals surface area contributed by atoms with Gasteiger partial charge in [0.1, 0.15) is 0 Å². The van der Waals surface area contributed by atoms with Crippen LogP contribution in [-0.4, -0.2) is 12.1 Å². The predicted octanol–water partition coefficient (Wildman–Crippen LogP) is 4.61. The Morgan fingerprint density at radius 1 is 1.10 bits per heavy atom. The molecule has 2 aliphatic carbocycles. The van der Waals surface area contributed by atoms with Crippen molar-refractivity contribution >= 4 is 11.6 Å². The van der Waals surface area contributed by atoms with E-state index < -0.39 is 0 Å². The average Bonchev–Trinajstić information content (AvgIpc) is 2.80. The van der Waals surface area contributed by atoms with Crippen LogP contribution >= 0.6 is 11.6 Å². The largest absolute Gasteiger partial charge is 0.310 e. The Bertz CT molecular complexity index is 468. The predicted molar refractivity (Wildman–Crippen MR) is 86.4 cm³/mol. The molecule has 110 valence electrons. The van der Waals surface area contributed by atoms with Crippen molar-refractivity contribution in [3.05, 3.63) is 34.3 Å². The van der Waals surface area contributed by atoms with Gasteiger partial charge < -0.3 is 5.32 Å². The molecule has 1 N–H and O–H groups in total. The lowest BCUT2D eigenvalue weighted by Gasteiger charge is -2.36. The fourth-order valence-corrected chi connectivity index (χ4v) is 4.37. The highest BCUT2D eigenvalue weighted by Gasteiger charge is 2.31. The van der Waals surface area contributed by atoms with Gasteiger partial charge in [-0.15, -0.1) is 0 Å². The summed E-state index contributed by atoms with van der Waals surface area (Å²) in [5, 5.41) is 4.85. The maximum absolute atomic E-state index is 6.11. The van der Waals surface area contributed by atoms with E-state index in [9.17, 15) is 0 Å². The molecule has 0 amide bonds. The highest BCUT2D eigenvalue weighted by Crippen LogP contribution is 2.32. The minimum atomic E-state index is 0.618. The lowest BCUT2D eigenvalue weighted by Crippen LogP contribution is -2.46. The van der Waals surface area contributed by atoms with Gasteiger partial charge in [0.2, 0.25) is 0 Å². The van der Waals surface area contributed by atoms with Crippen molar-refractivity contribution in [3.63, 3.8) is 0 Å². The number of rotatable bonds is 3. The van der Waals surface area contributed by atoms with Gasteiger partial charge in [-0.2, -0.15) is 0 Å². The summed E-state index contributed by atoms with van der Waals surface area (Å²) in [6, 6.07) is 7.73. The molecule has 1 aromatic rings. The van der Waals surface area contributed by atoms with Gasteiger partial charge in [-0.05, 0) is 60.8 Å². The Hall–Kier alpha value is -0.530. The van der Waals surface area contributed by atoms with Gasteiger partial charge in [-0.25, -0.2) is 0 Å². The normalized spacial score (nSPS) is 29.7. The van der Waals surface area contributed by atoms with Crippen LogP contribution in [0.5, 0.6) is 0 Å². The molecule has 3 rings (SSSR count). The summed E-state index contributed by atoms with van der Waals surface area (Å²) >= 11 is 6.11. The van der Waals surface area contributed by atoms with Crippen LogP contribution in [0.25, 0.3) is 0 Å². The van der Waals surface area contributed by atoms with E-state index in [1.165, 1.54) is 43.2 Å². The van der Waals surface area contributed by atoms with E-state index in [1.54, 1.807) is 0 Å². The highest BCUT2D eigenvalue weighted by atomic mass is 35.5. The van der Waals surface area contributed by atoms with E-state index in [1.807, 2.05) is 6.07 Å². The van der Waals surface area contributed by atoms with Crippen LogP contribution in [0.4, 0.5) is 0 Å².